The first kappa shape index (κ1) is 27.0. The number of rotatable bonds is 11. The topological polar surface area (TPSA) is 92.3 Å². The van der Waals surface area contributed by atoms with Crippen LogP contribution in [-0.2, 0) is 4.79 Å². The third-order valence-electron chi connectivity index (χ3n) is 5.20. The van der Waals surface area contributed by atoms with E-state index in [4.69, 9.17) is 9.47 Å². The molecule has 8 nitrogen and oxygen atoms in total. The molecule has 0 radical (unpaired) electrons. The van der Waals surface area contributed by atoms with Crippen molar-refractivity contribution in [3.8, 4) is 11.5 Å². The molecule has 0 fully saturated rings. The van der Waals surface area contributed by atoms with E-state index >= 15 is 0 Å². The van der Waals surface area contributed by atoms with Gasteiger partial charge in [0, 0.05) is 25.3 Å². The fourth-order valence-electron chi connectivity index (χ4n) is 3.35. The second kappa shape index (κ2) is 13.5. The fraction of sp³-hybridized carbons (Fsp3) is 0.207. The minimum Gasteiger partial charge on any atom is -0.490 e. The van der Waals surface area contributed by atoms with Crippen molar-refractivity contribution >= 4 is 29.8 Å². The molecule has 0 aromatic heterocycles. The molecule has 2 amide bonds. The summed E-state index contributed by atoms with van der Waals surface area (Å²) in [7, 11) is 3.90. The first-order valence-corrected chi connectivity index (χ1v) is 12.0. The Labute approximate surface area is 217 Å². The SMILES string of the molecule is CCOc1ccc(C=NNC(=O)C(=Cc2ccc(N(C)C)cc2)NC(=O)c2ccccc2)cc1OCC. The van der Waals surface area contributed by atoms with Crippen molar-refractivity contribution in [1.29, 1.82) is 0 Å². The van der Waals surface area contributed by atoms with Crippen molar-refractivity contribution in [3.63, 3.8) is 0 Å². The Morgan fingerprint density at radius 3 is 2.16 bits per heavy atom. The zero-order valence-electron chi connectivity index (χ0n) is 21.5. The molecule has 0 aliphatic carbocycles. The summed E-state index contributed by atoms with van der Waals surface area (Å²) in [4.78, 5) is 27.8. The normalized spacial score (nSPS) is 11.2. The van der Waals surface area contributed by atoms with Crippen molar-refractivity contribution in [2.75, 3.05) is 32.2 Å². The fourth-order valence-corrected chi connectivity index (χ4v) is 3.35. The summed E-state index contributed by atoms with van der Waals surface area (Å²) < 4.78 is 11.2. The Morgan fingerprint density at radius 2 is 1.51 bits per heavy atom. The molecule has 37 heavy (non-hydrogen) atoms. The van der Waals surface area contributed by atoms with Crippen LogP contribution in [0.25, 0.3) is 6.08 Å². The summed E-state index contributed by atoms with van der Waals surface area (Å²) in [6, 6.07) is 21.7. The van der Waals surface area contributed by atoms with Gasteiger partial charge in [-0.15, -0.1) is 0 Å². The van der Waals surface area contributed by atoms with E-state index < -0.39 is 11.8 Å². The van der Waals surface area contributed by atoms with E-state index in [0.29, 0.717) is 35.8 Å². The zero-order valence-corrected chi connectivity index (χ0v) is 21.5. The first-order valence-electron chi connectivity index (χ1n) is 12.0. The van der Waals surface area contributed by atoms with Crippen molar-refractivity contribution in [2.45, 2.75) is 13.8 Å². The summed E-state index contributed by atoms with van der Waals surface area (Å²) >= 11 is 0. The Kier molecular flexibility index (Phi) is 9.84. The molecule has 0 spiro atoms. The molecule has 0 saturated carbocycles. The molecule has 8 heteroatoms. The number of benzene rings is 3. The van der Waals surface area contributed by atoms with Crippen LogP contribution in [0.3, 0.4) is 0 Å². The Hall–Kier alpha value is -4.59. The summed E-state index contributed by atoms with van der Waals surface area (Å²) in [6.07, 6.45) is 3.11. The Morgan fingerprint density at radius 1 is 0.865 bits per heavy atom. The van der Waals surface area contributed by atoms with E-state index in [1.165, 1.54) is 6.21 Å². The molecule has 0 aliphatic rings. The summed E-state index contributed by atoms with van der Waals surface area (Å²) in [5.41, 5.74) is 5.47. The lowest BCUT2D eigenvalue weighted by atomic mass is 10.1. The van der Waals surface area contributed by atoms with E-state index in [9.17, 15) is 9.59 Å². The largest absolute Gasteiger partial charge is 0.490 e. The first-order chi connectivity index (χ1) is 17.9. The van der Waals surface area contributed by atoms with Gasteiger partial charge in [-0.2, -0.15) is 5.10 Å². The van der Waals surface area contributed by atoms with Gasteiger partial charge in [-0.3, -0.25) is 9.59 Å². The van der Waals surface area contributed by atoms with Crippen LogP contribution in [0.2, 0.25) is 0 Å². The van der Waals surface area contributed by atoms with Gasteiger partial charge in [-0.05, 0) is 73.5 Å². The second-order valence-electron chi connectivity index (χ2n) is 8.14. The van der Waals surface area contributed by atoms with E-state index in [1.807, 2.05) is 69.2 Å². The quantitative estimate of drug-likeness (QED) is 0.230. The molecular formula is C29H32N4O4. The lowest BCUT2D eigenvalue weighted by molar-refractivity contribution is -0.117. The van der Waals surface area contributed by atoms with Crippen LogP contribution in [0.15, 0.2) is 83.6 Å². The number of nitrogens with zero attached hydrogens (tertiary/aromatic N) is 2. The second-order valence-corrected chi connectivity index (χ2v) is 8.14. The molecule has 0 heterocycles. The molecule has 3 aromatic carbocycles. The number of nitrogens with one attached hydrogen (secondary N) is 2. The highest BCUT2D eigenvalue weighted by Gasteiger charge is 2.14. The molecule has 0 saturated heterocycles. The molecule has 3 rings (SSSR count). The van der Waals surface area contributed by atoms with Crippen molar-refractivity contribution in [1.82, 2.24) is 10.7 Å². The number of carbonyl (C=O) groups is 2. The zero-order chi connectivity index (χ0) is 26.6. The number of amides is 2. The van der Waals surface area contributed by atoms with Gasteiger partial charge in [-0.25, -0.2) is 5.43 Å². The van der Waals surface area contributed by atoms with Crippen LogP contribution in [0, 0.1) is 0 Å². The van der Waals surface area contributed by atoms with Crippen LogP contribution in [-0.4, -0.2) is 45.3 Å². The Bertz CT molecular complexity index is 1250. The van der Waals surface area contributed by atoms with Gasteiger partial charge in [0.25, 0.3) is 11.8 Å². The average molecular weight is 501 g/mol. The number of hydrazone groups is 1. The van der Waals surface area contributed by atoms with E-state index in [0.717, 1.165) is 11.3 Å². The van der Waals surface area contributed by atoms with Crippen LogP contribution < -0.4 is 25.1 Å². The lowest BCUT2D eigenvalue weighted by Crippen LogP contribution is -2.32. The van der Waals surface area contributed by atoms with Crippen LogP contribution >= 0.6 is 0 Å². The molecule has 0 bridgehead atoms. The molecule has 0 unspecified atom stereocenters. The predicted octanol–water partition coefficient (Wildman–Crippen LogP) is 4.47. The summed E-state index contributed by atoms with van der Waals surface area (Å²) in [5.74, 6) is 0.271. The third-order valence-corrected chi connectivity index (χ3v) is 5.20. The molecule has 0 aliphatic heterocycles. The van der Waals surface area contributed by atoms with E-state index in [1.54, 1.807) is 42.5 Å². The maximum Gasteiger partial charge on any atom is 0.287 e. The van der Waals surface area contributed by atoms with Crippen LogP contribution in [0.4, 0.5) is 5.69 Å². The number of hydrogen-bond donors (Lipinski definition) is 2. The lowest BCUT2D eigenvalue weighted by Gasteiger charge is -2.13. The minimum absolute atomic E-state index is 0.0605. The van der Waals surface area contributed by atoms with Gasteiger partial charge in [-0.1, -0.05) is 30.3 Å². The molecular weight excluding hydrogens is 468 g/mol. The average Bonchev–Trinajstić information content (AvgIpc) is 2.90. The highest BCUT2D eigenvalue weighted by Crippen LogP contribution is 2.28. The van der Waals surface area contributed by atoms with Gasteiger partial charge >= 0.3 is 0 Å². The summed E-state index contributed by atoms with van der Waals surface area (Å²) in [5, 5.41) is 6.78. The number of hydrogen-bond acceptors (Lipinski definition) is 6. The predicted molar refractivity (Wildman–Crippen MR) is 147 cm³/mol. The summed E-state index contributed by atoms with van der Waals surface area (Å²) in [6.45, 7) is 4.80. The highest BCUT2D eigenvalue weighted by molar-refractivity contribution is 6.05. The van der Waals surface area contributed by atoms with Crippen molar-refractivity contribution in [3.05, 3.63) is 95.2 Å². The molecule has 192 valence electrons. The number of carbonyl (C=O) groups excluding carboxylic acids is 2. The molecule has 2 N–H and O–H groups in total. The van der Waals surface area contributed by atoms with Crippen LogP contribution in [0.5, 0.6) is 11.5 Å². The molecule has 0 atom stereocenters. The molecule has 3 aromatic rings. The van der Waals surface area contributed by atoms with Crippen LogP contribution in [0.1, 0.15) is 35.3 Å². The highest BCUT2D eigenvalue weighted by atomic mass is 16.5. The minimum atomic E-state index is -0.562. The third kappa shape index (κ3) is 7.96. The van der Waals surface area contributed by atoms with E-state index in [-0.39, 0.29) is 5.70 Å². The van der Waals surface area contributed by atoms with Gasteiger partial charge in [0.1, 0.15) is 5.70 Å². The smallest absolute Gasteiger partial charge is 0.287 e. The van der Waals surface area contributed by atoms with E-state index in [2.05, 4.69) is 15.8 Å². The number of anilines is 1. The number of ether oxygens (including phenoxy) is 2. The van der Waals surface area contributed by atoms with Crippen molar-refractivity contribution in [2.24, 2.45) is 5.10 Å². The monoisotopic (exact) mass is 500 g/mol. The maximum absolute atomic E-state index is 13.0. The van der Waals surface area contributed by atoms with Gasteiger partial charge < -0.3 is 19.7 Å². The van der Waals surface area contributed by atoms with Gasteiger partial charge in [0.2, 0.25) is 0 Å². The van der Waals surface area contributed by atoms with Crippen molar-refractivity contribution < 1.29 is 19.1 Å². The van der Waals surface area contributed by atoms with Gasteiger partial charge in [0.15, 0.2) is 11.5 Å². The Balaban J connectivity index is 1.80. The standard InChI is InChI=1S/C29H32N4O4/c1-5-36-26-17-14-22(19-27(26)37-6-2)20-30-32-29(35)25(31-28(34)23-10-8-7-9-11-23)18-21-12-15-24(16-13-21)33(3)4/h7-20H,5-6H2,1-4H3,(H,31,34)(H,32,35). The van der Waals surface area contributed by atoms with Gasteiger partial charge in [0.05, 0.1) is 19.4 Å². The maximum atomic E-state index is 13.0.